The first-order valence-corrected chi connectivity index (χ1v) is 9.07. The lowest BCUT2D eigenvalue weighted by atomic mass is 9.85. The first kappa shape index (κ1) is 20.6. The molecule has 8 heteroatoms. The predicted octanol–water partition coefficient (Wildman–Crippen LogP) is 0.925. The molecule has 146 valence electrons. The standard InChI is InChI=1S/C19H25N3O5/c1-12(2)19(3,11-20)21-15(23)10-27-16(24)8-9-22-17(25)13-6-4-5-7-14(13)18(22)26/h4-5,12-14H,6-10H2,1-3H3,(H,21,23)/t13-,14-,19-/m0/s1. The van der Waals surface area contributed by atoms with Crippen LogP contribution in [-0.2, 0) is 23.9 Å². The molecule has 0 aromatic heterocycles. The number of likely N-dealkylation sites (tertiary alicyclic amines) is 1. The number of rotatable bonds is 7. The molecule has 0 radical (unpaired) electrons. The van der Waals surface area contributed by atoms with Crippen LogP contribution in [0.4, 0.5) is 0 Å². The third kappa shape index (κ3) is 4.54. The molecule has 1 aliphatic heterocycles. The zero-order valence-electron chi connectivity index (χ0n) is 15.9. The van der Waals surface area contributed by atoms with Gasteiger partial charge >= 0.3 is 5.97 Å². The Bertz CT molecular complexity index is 683. The zero-order valence-corrected chi connectivity index (χ0v) is 15.9. The average molecular weight is 375 g/mol. The number of nitriles is 1. The van der Waals surface area contributed by atoms with Crippen LogP contribution in [-0.4, -0.2) is 47.3 Å². The molecular weight excluding hydrogens is 350 g/mol. The fourth-order valence-electron chi connectivity index (χ4n) is 3.14. The molecule has 1 saturated heterocycles. The van der Waals surface area contributed by atoms with E-state index in [0.29, 0.717) is 12.8 Å². The predicted molar refractivity (Wildman–Crippen MR) is 94.6 cm³/mol. The second-order valence-electron chi connectivity index (χ2n) is 7.41. The van der Waals surface area contributed by atoms with E-state index in [1.807, 2.05) is 18.2 Å². The van der Waals surface area contributed by atoms with Gasteiger partial charge in [0.1, 0.15) is 5.54 Å². The Morgan fingerprint density at radius 2 is 1.85 bits per heavy atom. The molecule has 2 aliphatic rings. The number of carbonyl (C=O) groups is 4. The molecule has 27 heavy (non-hydrogen) atoms. The lowest BCUT2D eigenvalue weighted by Gasteiger charge is -2.27. The molecule has 1 fully saturated rings. The highest BCUT2D eigenvalue weighted by atomic mass is 16.5. The van der Waals surface area contributed by atoms with Crippen LogP contribution in [0.2, 0.25) is 0 Å². The molecular formula is C19H25N3O5. The lowest BCUT2D eigenvalue weighted by Crippen LogP contribution is -2.50. The third-order valence-electron chi connectivity index (χ3n) is 5.29. The summed E-state index contributed by atoms with van der Waals surface area (Å²) in [5, 5.41) is 11.7. The number of carbonyl (C=O) groups excluding carboxylic acids is 4. The van der Waals surface area contributed by atoms with E-state index in [2.05, 4.69) is 5.32 Å². The van der Waals surface area contributed by atoms with Crippen molar-refractivity contribution in [1.29, 1.82) is 5.26 Å². The minimum absolute atomic E-state index is 0.0486. The van der Waals surface area contributed by atoms with Crippen molar-refractivity contribution in [2.45, 2.75) is 45.6 Å². The van der Waals surface area contributed by atoms with E-state index in [1.54, 1.807) is 20.8 Å². The molecule has 2 rings (SSSR count). The van der Waals surface area contributed by atoms with Crippen LogP contribution in [0.3, 0.4) is 0 Å². The van der Waals surface area contributed by atoms with Gasteiger partial charge in [0.05, 0.1) is 24.3 Å². The first-order chi connectivity index (χ1) is 12.7. The Kier molecular flexibility index (Phi) is 6.37. The van der Waals surface area contributed by atoms with Gasteiger partial charge in [-0.25, -0.2) is 0 Å². The van der Waals surface area contributed by atoms with Gasteiger partial charge in [0, 0.05) is 6.54 Å². The molecule has 1 aliphatic carbocycles. The molecule has 3 atom stereocenters. The van der Waals surface area contributed by atoms with Crippen molar-refractivity contribution in [3.8, 4) is 6.07 Å². The molecule has 3 amide bonds. The molecule has 0 bridgehead atoms. The number of ether oxygens (including phenoxy) is 1. The molecule has 0 spiro atoms. The summed E-state index contributed by atoms with van der Waals surface area (Å²) in [6.07, 6.45) is 4.72. The third-order valence-corrected chi connectivity index (χ3v) is 5.29. The average Bonchev–Trinajstić information content (AvgIpc) is 2.89. The smallest absolute Gasteiger partial charge is 0.308 e. The second-order valence-corrected chi connectivity index (χ2v) is 7.41. The summed E-state index contributed by atoms with van der Waals surface area (Å²) in [5.41, 5.74) is -1.05. The van der Waals surface area contributed by atoms with Gasteiger partial charge < -0.3 is 10.1 Å². The van der Waals surface area contributed by atoms with Gasteiger partial charge in [0.15, 0.2) is 6.61 Å². The number of amides is 3. The van der Waals surface area contributed by atoms with Gasteiger partial charge in [0.25, 0.3) is 5.91 Å². The summed E-state index contributed by atoms with van der Waals surface area (Å²) in [7, 11) is 0. The fraction of sp³-hybridized carbons (Fsp3) is 0.632. The molecule has 8 nitrogen and oxygen atoms in total. The van der Waals surface area contributed by atoms with Gasteiger partial charge in [-0.1, -0.05) is 26.0 Å². The number of allylic oxidation sites excluding steroid dienone is 2. The fourth-order valence-corrected chi connectivity index (χ4v) is 3.14. The normalized spacial score (nSPS) is 23.6. The number of fused-ring (bicyclic) bond motifs is 1. The summed E-state index contributed by atoms with van der Waals surface area (Å²) in [4.78, 5) is 49.5. The van der Waals surface area contributed by atoms with E-state index in [0.717, 1.165) is 4.90 Å². The maximum absolute atomic E-state index is 12.3. The highest BCUT2D eigenvalue weighted by Gasteiger charge is 2.47. The quantitative estimate of drug-likeness (QED) is 0.402. The topological polar surface area (TPSA) is 117 Å². The van der Waals surface area contributed by atoms with Crippen molar-refractivity contribution in [2.24, 2.45) is 17.8 Å². The molecule has 1 N–H and O–H groups in total. The monoisotopic (exact) mass is 375 g/mol. The van der Waals surface area contributed by atoms with E-state index >= 15 is 0 Å². The number of hydrogen-bond acceptors (Lipinski definition) is 6. The van der Waals surface area contributed by atoms with Gasteiger partial charge in [-0.05, 0) is 25.7 Å². The van der Waals surface area contributed by atoms with Gasteiger partial charge in [0.2, 0.25) is 11.8 Å². The van der Waals surface area contributed by atoms with Crippen molar-refractivity contribution in [3.63, 3.8) is 0 Å². The number of nitrogens with zero attached hydrogens (tertiary/aromatic N) is 2. The summed E-state index contributed by atoms with van der Waals surface area (Å²) in [6, 6.07) is 2.03. The Morgan fingerprint density at radius 1 is 1.30 bits per heavy atom. The Balaban J connectivity index is 1.78. The maximum Gasteiger partial charge on any atom is 0.308 e. The van der Waals surface area contributed by atoms with Crippen LogP contribution in [0.1, 0.15) is 40.0 Å². The summed E-state index contributed by atoms with van der Waals surface area (Å²) in [5.74, 6) is -2.53. The zero-order chi connectivity index (χ0) is 20.2. The van der Waals surface area contributed by atoms with E-state index < -0.39 is 24.0 Å². The van der Waals surface area contributed by atoms with E-state index in [1.165, 1.54) is 0 Å². The Hall–Kier alpha value is -2.69. The number of nitrogens with one attached hydrogen (secondary N) is 1. The lowest BCUT2D eigenvalue weighted by molar-refractivity contribution is -0.150. The van der Waals surface area contributed by atoms with Crippen molar-refractivity contribution in [1.82, 2.24) is 10.2 Å². The molecule has 1 heterocycles. The number of imide groups is 1. The largest absolute Gasteiger partial charge is 0.456 e. The minimum atomic E-state index is -1.05. The van der Waals surface area contributed by atoms with Crippen LogP contribution in [0.25, 0.3) is 0 Å². The van der Waals surface area contributed by atoms with Gasteiger partial charge in [-0.3, -0.25) is 24.1 Å². The van der Waals surface area contributed by atoms with E-state index in [-0.39, 0.29) is 42.5 Å². The van der Waals surface area contributed by atoms with E-state index in [4.69, 9.17) is 4.74 Å². The molecule has 0 aromatic carbocycles. The van der Waals surface area contributed by atoms with Crippen molar-refractivity contribution in [2.75, 3.05) is 13.2 Å². The second kappa shape index (κ2) is 8.33. The van der Waals surface area contributed by atoms with Gasteiger partial charge in [-0.15, -0.1) is 0 Å². The number of esters is 1. The first-order valence-electron chi connectivity index (χ1n) is 9.07. The van der Waals surface area contributed by atoms with Crippen LogP contribution in [0.15, 0.2) is 12.2 Å². The SMILES string of the molecule is CC(C)[C@](C)(C#N)NC(=O)COC(=O)CCN1C(=O)[C@H]2CC=CC[C@@H]2C1=O. The Labute approximate surface area is 158 Å². The Morgan fingerprint density at radius 3 is 2.33 bits per heavy atom. The molecule has 0 unspecified atom stereocenters. The van der Waals surface area contributed by atoms with Crippen LogP contribution in [0, 0.1) is 29.1 Å². The summed E-state index contributed by atoms with van der Waals surface area (Å²) >= 11 is 0. The van der Waals surface area contributed by atoms with Crippen molar-refractivity contribution >= 4 is 23.7 Å². The summed E-state index contributed by atoms with van der Waals surface area (Å²) in [6.45, 7) is 4.63. The van der Waals surface area contributed by atoms with Crippen molar-refractivity contribution in [3.05, 3.63) is 12.2 Å². The molecule has 0 aromatic rings. The van der Waals surface area contributed by atoms with E-state index in [9.17, 15) is 24.4 Å². The maximum atomic E-state index is 12.3. The summed E-state index contributed by atoms with van der Waals surface area (Å²) < 4.78 is 4.90. The van der Waals surface area contributed by atoms with Crippen LogP contribution in [0.5, 0.6) is 0 Å². The molecule has 0 saturated carbocycles. The highest BCUT2D eigenvalue weighted by molar-refractivity contribution is 6.05. The highest BCUT2D eigenvalue weighted by Crippen LogP contribution is 2.34. The van der Waals surface area contributed by atoms with Crippen LogP contribution < -0.4 is 5.32 Å². The van der Waals surface area contributed by atoms with Crippen molar-refractivity contribution < 1.29 is 23.9 Å². The minimum Gasteiger partial charge on any atom is -0.456 e. The van der Waals surface area contributed by atoms with Crippen LogP contribution >= 0.6 is 0 Å². The number of hydrogen-bond donors (Lipinski definition) is 1. The van der Waals surface area contributed by atoms with Gasteiger partial charge in [-0.2, -0.15) is 5.26 Å².